The summed E-state index contributed by atoms with van der Waals surface area (Å²) in [5.74, 6) is 0.477. The Balaban J connectivity index is 1.92. The lowest BCUT2D eigenvalue weighted by Gasteiger charge is -2.18. The van der Waals surface area contributed by atoms with Crippen LogP contribution < -0.4 is 5.43 Å². The molecule has 152 valence electrons. The van der Waals surface area contributed by atoms with Crippen LogP contribution in [-0.2, 0) is 10.0 Å². The van der Waals surface area contributed by atoms with Crippen LogP contribution in [0.15, 0.2) is 61.0 Å². The fourth-order valence-electron chi connectivity index (χ4n) is 3.07. The van der Waals surface area contributed by atoms with E-state index in [0.29, 0.717) is 35.4 Å². The molecule has 0 saturated carbocycles. The topological polar surface area (TPSA) is 67.6 Å². The highest BCUT2D eigenvalue weighted by Crippen LogP contribution is 2.22. The Morgan fingerprint density at radius 2 is 1.69 bits per heavy atom. The molecule has 0 unspecified atom stereocenters. The summed E-state index contributed by atoms with van der Waals surface area (Å²) in [5.41, 5.74) is 1.77. The first kappa shape index (κ1) is 21.5. The molecule has 0 aliphatic carbocycles. The predicted molar refractivity (Wildman–Crippen MR) is 120 cm³/mol. The second kappa shape index (κ2) is 8.65. The standard InChI is InChI=1S/C22H22BrNO4S/c1-4-24(5-2)29(26,27)18-10-6-16(7-11-18)8-12-20-15(3)22(25)19-14-17(23)9-13-21(19)28-20/h6-14H,4-5H2,1-3H3. The van der Waals surface area contributed by atoms with Gasteiger partial charge in [-0.1, -0.05) is 48.0 Å². The number of fused-ring (bicyclic) bond motifs is 1. The van der Waals surface area contributed by atoms with Crippen molar-refractivity contribution in [2.45, 2.75) is 25.7 Å². The molecule has 1 heterocycles. The Bertz CT molecular complexity index is 1220. The van der Waals surface area contributed by atoms with E-state index < -0.39 is 10.0 Å². The molecule has 0 aliphatic rings. The van der Waals surface area contributed by atoms with Crippen LogP contribution in [0.3, 0.4) is 0 Å². The minimum Gasteiger partial charge on any atom is -0.456 e. The first-order valence-corrected chi connectivity index (χ1v) is 11.5. The van der Waals surface area contributed by atoms with E-state index in [0.717, 1.165) is 10.0 Å². The Kier molecular flexibility index (Phi) is 6.41. The average molecular weight is 476 g/mol. The lowest BCUT2D eigenvalue weighted by Crippen LogP contribution is -2.30. The molecule has 2 aromatic carbocycles. The van der Waals surface area contributed by atoms with Gasteiger partial charge in [-0.05, 0) is 48.9 Å². The monoisotopic (exact) mass is 475 g/mol. The molecular formula is C22H22BrNO4S. The molecule has 7 heteroatoms. The maximum Gasteiger partial charge on any atom is 0.243 e. The van der Waals surface area contributed by atoms with Crippen LogP contribution in [0.2, 0.25) is 0 Å². The first-order valence-electron chi connectivity index (χ1n) is 9.29. The molecule has 3 aromatic rings. The van der Waals surface area contributed by atoms with Crippen molar-refractivity contribution in [3.63, 3.8) is 0 Å². The van der Waals surface area contributed by atoms with Gasteiger partial charge in [-0.3, -0.25) is 4.79 Å². The number of hydrogen-bond acceptors (Lipinski definition) is 4. The average Bonchev–Trinajstić information content (AvgIpc) is 2.71. The van der Waals surface area contributed by atoms with Crippen LogP contribution in [0.1, 0.15) is 30.7 Å². The lowest BCUT2D eigenvalue weighted by atomic mass is 10.1. The van der Waals surface area contributed by atoms with Gasteiger partial charge in [0.1, 0.15) is 11.3 Å². The molecule has 0 aliphatic heterocycles. The number of nitrogens with zero attached hydrogens (tertiary/aromatic N) is 1. The largest absolute Gasteiger partial charge is 0.456 e. The van der Waals surface area contributed by atoms with E-state index >= 15 is 0 Å². The van der Waals surface area contributed by atoms with E-state index in [1.165, 1.54) is 4.31 Å². The van der Waals surface area contributed by atoms with Gasteiger partial charge in [0.15, 0.2) is 5.43 Å². The summed E-state index contributed by atoms with van der Waals surface area (Å²) in [5, 5.41) is 0.528. The van der Waals surface area contributed by atoms with Crippen molar-refractivity contribution in [1.29, 1.82) is 0 Å². The zero-order chi connectivity index (χ0) is 21.2. The molecule has 29 heavy (non-hydrogen) atoms. The molecule has 0 N–H and O–H groups in total. The zero-order valence-corrected chi connectivity index (χ0v) is 18.9. The third kappa shape index (κ3) is 4.37. The van der Waals surface area contributed by atoms with Gasteiger partial charge >= 0.3 is 0 Å². The Morgan fingerprint density at radius 3 is 2.31 bits per heavy atom. The van der Waals surface area contributed by atoms with Crippen molar-refractivity contribution < 1.29 is 12.8 Å². The quantitative estimate of drug-likeness (QED) is 0.499. The van der Waals surface area contributed by atoms with E-state index in [1.54, 1.807) is 55.5 Å². The summed E-state index contributed by atoms with van der Waals surface area (Å²) in [6.07, 6.45) is 3.52. The maximum atomic E-state index is 12.6. The van der Waals surface area contributed by atoms with Crippen molar-refractivity contribution in [2.24, 2.45) is 0 Å². The summed E-state index contributed by atoms with van der Waals surface area (Å²) >= 11 is 3.37. The van der Waals surface area contributed by atoms with Crippen molar-refractivity contribution in [2.75, 3.05) is 13.1 Å². The van der Waals surface area contributed by atoms with E-state index in [9.17, 15) is 13.2 Å². The zero-order valence-electron chi connectivity index (χ0n) is 16.5. The molecule has 0 amide bonds. The second-order valence-electron chi connectivity index (χ2n) is 6.55. The summed E-state index contributed by atoms with van der Waals surface area (Å²) in [6, 6.07) is 12.0. The maximum absolute atomic E-state index is 12.6. The number of sulfonamides is 1. The number of hydrogen-bond donors (Lipinski definition) is 0. The molecule has 0 fully saturated rings. The predicted octanol–water partition coefficient (Wildman–Crippen LogP) is 5.06. The molecule has 0 spiro atoms. The second-order valence-corrected chi connectivity index (χ2v) is 9.41. The fourth-order valence-corrected chi connectivity index (χ4v) is 4.89. The molecular weight excluding hydrogens is 454 g/mol. The van der Waals surface area contributed by atoms with Crippen molar-refractivity contribution in [1.82, 2.24) is 4.31 Å². The van der Waals surface area contributed by atoms with Gasteiger partial charge < -0.3 is 4.42 Å². The fraction of sp³-hybridized carbons (Fsp3) is 0.227. The number of benzene rings is 2. The minimum atomic E-state index is -3.48. The van der Waals surface area contributed by atoms with Gasteiger partial charge in [-0.15, -0.1) is 0 Å². The molecule has 0 atom stereocenters. The highest BCUT2D eigenvalue weighted by atomic mass is 79.9. The third-order valence-corrected chi connectivity index (χ3v) is 7.32. The Morgan fingerprint density at radius 1 is 1.03 bits per heavy atom. The molecule has 0 saturated heterocycles. The van der Waals surface area contributed by atoms with E-state index in [2.05, 4.69) is 15.9 Å². The molecule has 3 rings (SSSR count). The molecule has 1 aromatic heterocycles. The summed E-state index contributed by atoms with van der Waals surface area (Å²) < 4.78 is 33.3. The number of rotatable bonds is 6. The summed E-state index contributed by atoms with van der Waals surface area (Å²) in [4.78, 5) is 12.9. The van der Waals surface area contributed by atoms with Crippen LogP contribution in [0.25, 0.3) is 23.1 Å². The third-order valence-electron chi connectivity index (χ3n) is 4.77. The minimum absolute atomic E-state index is 0.0761. The van der Waals surface area contributed by atoms with Crippen LogP contribution >= 0.6 is 15.9 Å². The smallest absolute Gasteiger partial charge is 0.243 e. The van der Waals surface area contributed by atoms with Crippen LogP contribution in [0.4, 0.5) is 0 Å². The van der Waals surface area contributed by atoms with Crippen LogP contribution in [0, 0.1) is 6.92 Å². The first-order chi connectivity index (χ1) is 13.8. The highest BCUT2D eigenvalue weighted by Gasteiger charge is 2.20. The highest BCUT2D eigenvalue weighted by molar-refractivity contribution is 9.10. The van der Waals surface area contributed by atoms with Crippen molar-refractivity contribution in [3.8, 4) is 0 Å². The van der Waals surface area contributed by atoms with Gasteiger partial charge in [0.05, 0.1) is 10.3 Å². The van der Waals surface area contributed by atoms with E-state index in [1.807, 2.05) is 19.9 Å². The van der Waals surface area contributed by atoms with E-state index in [-0.39, 0.29) is 10.3 Å². The van der Waals surface area contributed by atoms with Gasteiger partial charge in [-0.25, -0.2) is 8.42 Å². The van der Waals surface area contributed by atoms with Gasteiger partial charge in [-0.2, -0.15) is 4.31 Å². The van der Waals surface area contributed by atoms with Crippen molar-refractivity contribution in [3.05, 3.63) is 74.0 Å². The van der Waals surface area contributed by atoms with Gasteiger partial charge in [0.25, 0.3) is 0 Å². The van der Waals surface area contributed by atoms with Gasteiger partial charge in [0.2, 0.25) is 10.0 Å². The molecule has 0 bridgehead atoms. The Labute approximate surface area is 178 Å². The number of halogens is 1. The molecule has 0 radical (unpaired) electrons. The van der Waals surface area contributed by atoms with Gasteiger partial charge in [0, 0.05) is 23.1 Å². The van der Waals surface area contributed by atoms with Crippen LogP contribution in [-0.4, -0.2) is 25.8 Å². The Hall–Kier alpha value is -2.22. The summed E-state index contributed by atoms with van der Waals surface area (Å²) in [6.45, 7) is 6.22. The lowest BCUT2D eigenvalue weighted by molar-refractivity contribution is 0.445. The normalized spacial score (nSPS) is 12.3. The summed E-state index contributed by atoms with van der Waals surface area (Å²) in [7, 11) is -3.48. The van der Waals surface area contributed by atoms with Crippen molar-refractivity contribution >= 4 is 49.1 Å². The SMILES string of the molecule is CCN(CC)S(=O)(=O)c1ccc(C=Cc2oc3ccc(Br)cc3c(=O)c2C)cc1. The van der Waals surface area contributed by atoms with Crippen LogP contribution in [0.5, 0.6) is 0 Å². The van der Waals surface area contributed by atoms with E-state index in [4.69, 9.17) is 4.42 Å². The molecule has 5 nitrogen and oxygen atoms in total.